The van der Waals surface area contributed by atoms with E-state index in [9.17, 15) is 4.39 Å². The van der Waals surface area contributed by atoms with Crippen molar-refractivity contribution in [1.29, 1.82) is 0 Å². The van der Waals surface area contributed by atoms with Crippen molar-refractivity contribution >= 4 is 21.7 Å². The van der Waals surface area contributed by atoms with Crippen molar-refractivity contribution in [3.63, 3.8) is 0 Å². The molecule has 1 aromatic heterocycles. The fraction of sp³-hybridized carbons (Fsp3) is 0.231. The Hall–Kier alpha value is -1.89. The predicted octanol–water partition coefficient (Wildman–Crippen LogP) is 3.11. The smallest absolute Gasteiger partial charge is 0.258 e. The molecular weight excluding hydrogens is 329 g/mol. The van der Waals surface area contributed by atoms with Crippen LogP contribution in [0.5, 0.6) is 11.6 Å². The lowest BCUT2D eigenvalue weighted by atomic mass is 10.1. The average molecular weight is 342 g/mol. The molecule has 0 radical (unpaired) electrons. The third kappa shape index (κ3) is 3.16. The third-order valence-electron chi connectivity index (χ3n) is 2.66. The van der Waals surface area contributed by atoms with Crippen LogP contribution in [0.4, 0.5) is 10.2 Å². The zero-order valence-corrected chi connectivity index (χ0v) is 12.5. The van der Waals surface area contributed by atoms with Crippen LogP contribution in [0.25, 0.3) is 0 Å². The lowest BCUT2D eigenvalue weighted by Crippen LogP contribution is -2.09. The van der Waals surface area contributed by atoms with Gasteiger partial charge in [0.2, 0.25) is 0 Å². The molecule has 0 saturated heterocycles. The normalized spacial score (nSPS) is 12.0. The molecule has 0 fully saturated rings. The number of rotatable bonds is 4. The number of benzene rings is 1. The summed E-state index contributed by atoms with van der Waals surface area (Å²) in [5, 5.41) is 0. The Labute approximate surface area is 124 Å². The maximum absolute atomic E-state index is 13.4. The summed E-state index contributed by atoms with van der Waals surface area (Å²) < 4.78 is 24.7. The molecule has 0 saturated carbocycles. The Balaban J connectivity index is 2.30. The van der Waals surface area contributed by atoms with Crippen molar-refractivity contribution < 1.29 is 13.9 Å². The summed E-state index contributed by atoms with van der Waals surface area (Å²) in [6.07, 6.45) is 0.974. The molecule has 0 spiro atoms. The first-order valence-electron chi connectivity index (χ1n) is 5.79. The van der Waals surface area contributed by atoms with Crippen molar-refractivity contribution in [3.05, 3.63) is 40.4 Å². The minimum absolute atomic E-state index is 0.162. The summed E-state index contributed by atoms with van der Waals surface area (Å²) in [7, 11) is 1.51. The summed E-state index contributed by atoms with van der Waals surface area (Å²) >= 11 is 3.19. The number of halogens is 2. The Morgan fingerprint density at radius 3 is 2.85 bits per heavy atom. The average Bonchev–Trinajstić information content (AvgIpc) is 2.42. The fourth-order valence-corrected chi connectivity index (χ4v) is 1.97. The van der Waals surface area contributed by atoms with Gasteiger partial charge in [0.1, 0.15) is 22.3 Å². The standard InChI is InChI=1S/C13H13BrFN3O2/c1-7(9-5-8(15)3-4-10(9)19-2)20-13-12(16)17-6-11(14)18-13/h3-7H,1-2H3,(H2,16,17)/t7-/m0/s1. The molecule has 2 rings (SSSR count). The van der Waals surface area contributed by atoms with Crippen LogP contribution < -0.4 is 15.2 Å². The third-order valence-corrected chi connectivity index (χ3v) is 3.04. The zero-order valence-electron chi connectivity index (χ0n) is 10.9. The molecule has 1 aromatic carbocycles. The van der Waals surface area contributed by atoms with Gasteiger partial charge < -0.3 is 15.2 Å². The van der Waals surface area contributed by atoms with Crippen LogP contribution in [-0.2, 0) is 0 Å². The van der Waals surface area contributed by atoms with E-state index in [1.165, 1.54) is 25.4 Å². The Morgan fingerprint density at radius 2 is 2.15 bits per heavy atom. The maximum Gasteiger partial charge on any atom is 0.258 e. The number of hydrogen-bond donors (Lipinski definition) is 1. The van der Waals surface area contributed by atoms with Crippen LogP contribution in [0, 0.1) is 5.82 Å². The van der Waals surface area contributed by atoms with E-state index in [0.29, 0.717) is 15.9 Å². The topological polar surface area (TPSA) is 70.3 Å². The Morgan fingerprint density at radius 1 is 1.40 bits per heavy atom. The van der Waals surface area contributed by atoms with Crippen LogP contribution in [0.15, 0.2) is 29.0 Å². The molecule has 5 nitrogen and oxygen atoms in total. The molecular formula is C13H13BrFN3O2. The molecule has 0 bridgehead atoms. The van der Waals surface area contributed by atoms with Crippen molar-refractivity contribution in [2.24, 2.45) is 0 Å². The van der Waals surface area contributed by atoms with Crippen LogP contribution >= 0.6 is 15.9 Å². The second-order valence-electron chi connectivity index (χ2n) is 4.03. The van der Waals surface area contributed by atoms with E-state index in [4.69, 9.17) is 15.2 Å². The first kappa shape index (κ1) is 14.5. The van der Waals surface area contributed by atoms with Gasteiger partial charge in [-0.25, -0.2) is 14.4 Å². The van der Waals surface area contributed by atoms with Gasteiger partial charge in [0.15, 0.2) is 5.82 Å². The van der Waals surface area contributed by atoms with Crippen molar-refractivity contribution in [2.75, 3.05) is 12.8 Å². The Kier molecular flexibility index (Phi) is 4.39. The number of nitrogens with zero attached hydrogens (tertiary/aromatic N) is 2. The van der Waals surface area contributed by atoms with Crippen molar-refractivity contribution in [1.82, 2.24) is 9.97 Å². The number of nitrogen functional groups attached to an aromatic ring is 1. The molecule has 0 aliphatic heterocycles. The first-order chi connectivity index (χ1) is 9.51. The maximum atomic E-state index is 13.4. The van der Waals surface area contributed by atoms with Crippen molar-refractivity contribution in [3.8, 4) is 11.6 Å². The summed E-state index contributed by atoms with van der Waals surface area (Å²) in [6.45, 7) is 1.75. The quantitative estimate of drug-likeness (QED) is 0.925. The van der Waals surface area contributed by atoms with E-state index in [-0.39, 0.29) is 17.5 Å². The highest BCUT2D eigenvalue weighted by molar-refractivity contribution is 9.10. The lowest BCUT2D eigenvalue weighted by molar-refractivity contribution is 0.212. The fourth-order valence-electron chi connectivity index (χ4n) is 1.70. The van der Waals surface area contributed by atoms with Gasteiger partial charge >= 0.3 is 0 Å². The lowest BCUT2D eigenvalue weighted by Gasteiger charge is -2.17. The number of ether oxygens (including phenoxy) is 2. The van der Waals surface area contributed by atoms with Gasteiger partial charge in [-0.05, 0) is 41.1 Å². The molecule has 0 aliphatic carbocycles. The van der Waals surface area contributed by atoms with Gasteiger partial charge in [0, 0.05) is 5.56 Å². The molecule has 20 heavy (non-hydrogen) atoms. The minimum atomic E-state index is -0.494. The van der Waals surface area contributed by atoms with Gasteiger partial charge in [-0.2, -0.15) is 0 Å². The largest absolute Gasteiger partial charge is 0.496 e. The van der Waals surface area contributed by atoms with Crippen LogP contribution in [0.2, 0.25) is 0 Å². The van der Waals surface area contributed by atoms with E-state index in [2.05, 4.69) is 25.9 Å². The molecule has 2 N–H and O–H groups in total. The predicted molar refractivity (Wildman–Crippen MR) is 76.1 cm³/mol. The van der Waals surface area contributed by atoms with Crippen LogP contribution in [-0.4, -0.2) is 17.1 Å². The van der Waals surface area contributed by atoms with Crippen molar-refractivity contribution in [2.45, 2.75) is 13.0 Å². The summed E-state index contributed by atoms with van der Waals surface area (Å²) in [5.41, 5.74) is 6.26. The van der Waals surface area contributed by atoms with E-state index < -0.39 is 6.10 Å². The monoisotopic (exact) mass is 341 g/mol. The molecule has 0 unspecified atom stereocenters. The summed E-state index contributed by atoms with van der Waals surface area (Å²) in [6, 6.07) is 4.22. The van der Waals surface area contributed by atoms with Gasteiger partial charge in [-0.15, -0.1) is 0 Å². The summed E-state index contributed by atoms with van der Waals surface area (Å²) in [4.78, 5) is 8.01. The number of hydrogen-bond acceptors (Lipinski definition) is 5. The first-order valence-corrected chi connectivity index (χ1v) is 6.58. The van der Waals surface area contributed by atoms with E-state index in [1.807, 2.05) is 0 Å². The van der Waals surface area contributed by atoms with E-state index in [1.54, 1.807) is 13.0 Å². The highest BCUT2D eigenvalue weighted by atomic mass is 79.9. The molecule has 1 heterocycles. The SMILES string of the molecule is COc1ccc(F)cc1[C@H](C)Oc1nc(Br)cnc1N. The molecule has 2 aromatic rings. The molecule has 7 heteroatoms. The number of aromatic nitrogens is 2. The second-order valence-corrected chi connectivity index (χ2v) is 4.84. The molecule has 1 atom stereocenters. The molecule has 106 valence electrons. The van der Waals surface area contributed by atoms with E-state index in [0.717, 1.165) is 0 Å². The highest BCUT2D eigenvalue weighted by Gasteiger charge is 2.17. The minimum Gasteiger partial charge on any atom is -0.496 e. The number of methoxy groups -OCH3 is 1. The zero-order chi connectivity index (χ0) is 14.7. The van der Waals surface area contributed by atoms with E-state index >= 15 is 0 Å². The van der Waals surface area contributed by atoms with Crippen LogP contribution in [0.1, 0.15) is 18.6 Å². The number of anilines is 1. The molecule has 0 aliphatic rings. The van der Waals surface area contributed by atoms with Gasteiger partial charge in [0.25, 0.3) is 5.88 Å². The summed E-state index contributed by atoms with van der Waals surface area (Å²) in [5.74, 6) is 0.499. The molecule has 0 amide bonds. The second kappa shape index (κ2) is 6.04. The van der Waals surface area contributed by atoms with Gasteiger partial charge in [-0.1, -0.05) is 0 Å². The number of nitrogens with two attached hydrogens (primary N) is 1. The van der Waals surface area contributed by atoms with Crippen LogP contribution in [0.3, 0.4) is 0 Å². The Bertz CT molecular complexity index is 625. The van der Waals surface area contributed by atoms with Gasteiger partial charge in [0.05, 0.1) is 13.3 Å². The highest BCUT2D eigenvalue weighted by Crippen LogP contribution is 2.30. The van der Waals surface area contributed by atoms with Gasteiger partial charge in [-0.3, -0.25) is 0 Å².